The number of ether oxygens (including phenoxy) is 2. The molecule has 1 amide bonds. The Kier molecular flexibility index (Phi) is 7.01. The van der Waals surface area contributed by atoms with Gasteiger partial charge >= 0.3 is 5.97 Å². The molecule has 0 unspecified atom stereocenters. The number of rotatable bonds is 8. The van der Waals surface area contributed by atoms with Gasteiger partial charge in [-0.05, 0) is 55.3 Å². The lowest BCUT2D eigenvalue weighted by Crippen LogP contribution is -2.12. The summed E-state index contributed by atoms with van der Waals surface area (Å²) >= 11 is 0. The van der Waals surface area contributed by atoms with Gasteiger partial charge < -0.3 is 14.8 Å². The van der Waals surface area contributed by atoms with Gasteiger partial charge in [0.25, 0.3) is 5.91 Å². The second kappa shape index (κ2) is 9.47. The van der Waals surface area contributed by atoms with Crippen molar-refractivity contribution in [3.63, 3.8) is 0 Å². The van der Waals surface area contributed by atoms with Crippen molar-refractivity contribution in [1.82, 2.24) is 0 Å². The lowest BCUT2D eigenvalue weighted by atomic mass is 10.1. The summed E-state index contributed by atoms with van der Waals surface area (Å²) in [5.41, 5.74) is 1.58. The predicted molar refractivity (Wildman–Crippen MR) is 97.2 cm³/mol. The first-order valence-electron chi connectivity index (χ1n) is 8.45. The normalized spacial score (nSPS) is 10.2. The number of nitrogens with one attached hydrogen (secondary N) is 1. The molecular weight excluding hydrogens is 318 g/mol. The molecule has 2 aromatic carbocycles. The molecule has 0 heterocycles. The van der Waals surface area contributed by atoms with Gasteiger partial charge in [0.2, 0.25) is 0 Å². The van der Waals surface area contributed by atoms with Crippen LogP contribution in [0.3, 0.4) is 0 Å². The Balaban J connectivity index is 1.99. The van der Waals surface area contributed by atoms with Crippen molar-refractivity contribution in [3.8, 4) is 5.75 Å². The van der Waals surface area contributed by atoms with Crippen molar-refractivity contribution >= 4 is 17.6 Å². The zero-order valence-electron chi connectivity index (χ0n) is 14.6. The fraction of sp³-hybridized carbons (Fsp3) is 0.300. The van der Waals surface area contributed by atoms with Crippen LogP contribution >= 0.6 is 0 Å². The van der Waals surface area contributed by atoms with Crippen LogP contribution in [0, 0.1) is 0 Å². The van der Waals surface area contributed by atoms with Crippen molar-refractivity contribution in [2.24, 2.45) is 0 Å². The fourth-order valence-corrected chi connectivity index (χ4v) is 2.12. The van der Waals surface area contributed by atoms with Crippen LogP contribution in [-0.2, 0) is 4.74 Å². The summed E-state index contributed by atoms with van der Waals surface area (Å²) in [6.07, 6.45) is 1.68. The van der Waals surface area contributed by atoms with Gasteiger partial charge in [0.1, 0.15) is 5.75 Å². The van der Waals surface area contributed by atoms with Crippen LogP contribution < -0.4 is 10.1 Å². The van der Waals surface area contributed by atoms with Gasteiger partial charge in [-0.1, -0.05) is 19.9 Å². The zero-order chi connectivity index (χ0) is 18.1. The number of amides is 1. The summed E-state index contributed by atoms with van der Waals surface area (Å²) in [6, 6.07) is 13.7. The maximum atomic E-state index is 12.3. The van der Waals surface area contributed by atoms with Crippen LogP contribution in [0.15, 0.2) is 48.5 Å². The Hall–Kier alpha value is -2.82. The lowest BCUT2D eigenvalue weighted by Gasteiger charge is -2.09. The molecule has 5 nitrogen and oxygen atoms in total. The summed E-state index contributed by atoms with van der Waals surface area (Å²) in [5.74, 6) is 0.0762. The Labute approximate surface area is 148 Å². The van der Waals surface area contributed by atoms with E-state index in [0.29, 0.717) is 35.8 Å². The first-order valence-corrected chi connectivity index (χ1v) is 8.45. The molecule has 0 aliphatic carbocycles. The van der Waals surface area contributed by atoms with Crippen molar-refractivity contribution in [3.05, 3.63) is 59.7 Å². The minimum atomic E-state index is -0.361. The molecule has 0 aliphatic rings. The Morgan fingerprint density at radius 2 is 1.64 bits per heavy atom. The first-order chi connectivity index (χ1) is 12.1. The quantitative estimate of drug-likeness (QED) is 0.727. The van der Waals surface area contributed by atoms with E-state index in [1.165, 1.54) is 0 Å². The second-order valence-corrected chi connectivity index (χ2v) is 5.54. The topological polar surface area (TPSA) is 64.6 Å². The average Bonchev–Trinajstić information content (AvgIpc) is 2.65. The van der Waals surface area contributed by atoms with E-state index in [2.05, 4.69) is 5.32 Å². The molecule has 0 saturated carbocycles. The molecule has 0 aliphatic heterocycles. The minimum Gasteiger partial charge on any atom is -0.494 e. The molecular formula is C20H23NO4. The third-order valence-corrected chi connectivity index (χ3v) is 3.38. The molecule has 0 radical (unpaired) electrons. The summed E-state index contributed by atoms with van der Waals surface area (Å²) < 4.78 is 10.6. The molecule has 1 N–H and O–H groups in total. The van der Waals surface area contributed by atoms with E-state index in [1.54, 1.807) is 42.5 Å². The van der Waals surface area contributed by atoms with Crippen LogP contribution in [0.1, 0.15) is 47.4 Å². The molecule has 0 saturated heterocycles. The predicted octanol–water partition coefficient (Wildman–Crippen LogP) is 4.29. The van der Waals surface area contributed by atoms with Crippen LogP contribution in [0.4, 0.5) is 5.69 Å². The summed E-state index contributed by atoms with van der Waals surface area (Å²) in [6.45, 7) is 4.97. The van der Waals surface area contributed by atoms with Gasteiger partial charge in [0.15, 0.2) is 0 Å². The molecule has 5 heteroatoms. The van der Waals surface area contributed by atoms with Gasteiger partial charge in [0, 0.05) is 11.3 Å². The molecule has 132 valence electrons. The standard InChI is InChI=1S/C20H23NO4/c1-3-12-24-18-7-5-6-16(14-18)19(22)21-17-10-8-15(9-11-17)20(23)25-13-4-2/h5-11,14H,3-4,12-13H2,1-2H3,(H,21,22). The highest BCUT2D eigenvalue weighted by atomic mass is 16.5. The fourth-order valence-electron chi connectivity index (χ4n) is 2.12. The lowest BCUT2D eigenvalue weighted by molar-refractivity contribution is 0.0505. The van der Waals surface area contributed by atoms with Crippen molar-refractivity contribution in [2.75, 3.05) is 18.5 Å². The Bertz CT molecular complexity index is 710. The van der Waals surface area contributed by atoms with Crippen LogP contribution in [0.25, 0.3) is 0 Å². The van der Waals surface area contributed by atoms with Gasteiger partial charge in [0.05, 0.1) is 18.8 Å². The van der Waals surface area contributed by atoms with E-state index < -0.39 is 0 Å². The highest BCUT2D eigenvalue weighted by Crippen LogP contribution is 2.16. The summed E-state index contributed by atoms with van der Waals surface area (Å²) in [4.78, 5) is 24.1. The van der Waals surface area contributed by atoms with E-state index in [4.69, 9.17) is 9.47 Å². The molecule has 2 aromatic rings. The van der Waals surface area contributed by atoms with Crippen LogP contribution in [0.5, 0.6) is 5.75 Å². The van der Waals surface area contributed by atoms with Gasteiger partial charge in [-0.2, -0.15) is 0 Å². The summed E-state index contributed by atoms with van der Waals surface area (Å²) in [5, 5.41) is 2.80. The third-order valence-electron chi connectivity index (χ3n) is 3.38. The van der Waals surface area contributed by atoms with Crippen molar-refractivity contribution in [1.29, 1.82) is 0 Å². The zero-order valence-corrected chi connectivity index (χ0v) is 14.6. The van der Waals surface area contributed by atoms with E-state index in [0.717, 1.165) is 12.8 Å². The number of benzene rings is 2. The number of hydrogen-bond acceptors (Lipinski definition) is 4. The van der Waals surface area contributed by atoms with E-state index in [-0.39, 0.29) is 11.9 Å². The monoisotopic (exact) mass is 341 g/mol. The van der Waals surface area contributed by atoms with Gasteiger partial charge in [-0.25, -0.2) is 4.79 Å². The molecule has 2 rings (SSSR count). The van der Waals surface area contributed by atoms with E-state index in [9.17, 15) is 9.59 Å². The van der Waals surface area contributed by atoms with Gasteiger partial charge in [-0.15, -0.1) is 0 Å². The molecule has 0 spiro atoms. The van der Waals surface area contributed by atoms with Crippen LogP contribution in [-0.4, -0.2) is 25.1 Å². The van der Waals surface area contributed by atoms with Gasteiger partial charge in [-0.3, -0.25) is 4.79 Å². The number of carbonyl (C=O) groups is 2. The number of carbonyl (C=O) groups excluding carboxylic acids is 2. The van der Waals surface area contributed by atoms with Crippen molar-refractivity contribution < 1.29 is 19.1 Å². The number of anilines is 1. The van der Waals surface area contributed by atoms with E-state index in [1.807, 2.05) is 19.9 Å². The largest absolute Gasteiger partial charge is 0.494 e. The minimum absolute atomic E-state index is 0.233. The first kappa shape index (κ1) is 18.5. The number of esters is 1. The Morgan fingerprint density at radius 1 is 0.920 bits per heavy atom. The SMILES string of the molecule is CCCOC(=O)c1ccc(NC(=O)c2cccc(OCCC)c2)cc1. The average molecular weight is 341 g/mol. The Morgan fingerprint density at radius 3 is 2.32 bits per heavy atom. The van der Waals surface area contributed by atoms with Crippen LogP contribution in [0.2, 0.25) is 0 Å². The molecule has 25 heavy (non-hydrogen) atoms. The summed E-state index contributed by atoms with van der Waals surface area (Å²) in [7, 11) is 0. The maximum absolute atomic E-state index is 12.3. The third kappa shape index (κ3) is 5.64. The number of hydrogen-bond donors (Lipinski definition) is 1. The molecule has 0 bridgehead atoms. The molecule has 0 atom stereocenters. The highest BCUT2D eigenvalue weighted by Gasteiger charge is 2.09. The second-order valence-electron chi connectivity index (χ2n) is 5.54. The smallest absolute Gasteiger partial charge is 0.338 e. The van der Waals surface area contributed by atoms with Crippen molar-refractivity contribution in [2.45, 2.75) is 26.7 Å². The molecule has 0 aromatic heterocycles. The maximum Gasteiger partial charge on any atom is 0.338 e. The van der Waals surface area contributed by atoms with E-state index >= 15 is 0 Å². The highest BCUT2D eigenvalue weighted by molar-refractivity contribution is 6.04. The molecule has 0 fully saturated rings.